The summed E-state index contributed by atoms with van der Waals surface area (Å²) in [5.74, 6) is 1.22. The topological polar surface area (TPSA) is 35.5 Å². The molecule has 0 saturated carbocycles. The lowest BCUT2D eigenvalue weighted by atomic mass is 10.0. The van der Waals surface area contributed by atoms with Crippen molar-refractivity contribution in [2.45, 2.75) is 6.92 Å². The molecule has 108 valence electrons. The van der Waals surface area contributed by atoms with Crippen molar-refractivity contribution in [1.82, 2.24) is 0 Å². The van der Waals surface area contributed by atoms with E-state index in [1.54, 1.807) is 26.4 Å². The van der Waals surface area contributed by atoms with Gasteiger partial charge in [0.05, 0.1) is 19.8 Å². The lowest BCUT2D eigenvalue weighted by molar-refractivity contribution is 0.104. The van der Waals surface area contributed by atoms with Crippen LogP contribution < -0.4 is 9.47 Å². The molecule has 0 amide bonds. The number of rotatable bonds is 5. The van der Waals surface area contributed by atoms with Gasteiger partial charge < -0.3 is 9.47 Å². The van der Waals surface area contributed by atoms with E-state index < -0.39 is 0 Å². The number of allylic oxidation sites excluding steroid dienone is 1. The van der Waals surface area contributed by atoms with Gasteiger partial charge in [-0.2, -0.15) is 0 Å². The van der Waals surface area contributed by atoms with E-state index >= 15 is 0 Å². The Bertz CT molecular complexity index is 672. The lowest BCUT2D eigenvalue weighted by Gasteiger charge is -2.07. The number of carbonyl (C=O) groups excluding carboxylic acids is 1. The SMILES string of the molecule is COc1ccccc1/C=C/C(=O)c1cc(C)ccc1OC. The Morgan fingerprint density at radius 3 is 2.43 bits per heavy atom. The van der Waals surface area contributed by atoms with Crippen LogP contribution >= 0.6 is 0 Å². The normalized spacial score (nSPS) is 10.6. The summed E-state index contributed by atoms with van der Waals surface area (Å²) in [6.07, 6.45) is 3.29. The van der Waals surface area contributed by atoms with Crippen molar-refractivity contribution in [2.24, 2.45) is 0 Å². The highest BCUT2D eigenvalue weighted by Gasteiger charge is 2.10. The summed E-state index contributed by atoms with van der Waals surface area (Å²) >= 11 is 0. The Labute approximate surface area is 124 Å². The molecular weight excluding hydrogens is 264 g/mol. The van der Waals surface area contributed by atoms with Crippen molar-refractivity contribution in [2.75, 3.05) is 14.2 Å². The number of methoxy groups -OCH3 is 2. The van der Waals surface area contributed by atoms with Crippen LogP contribution in [0.2, 0.25) is 0 Å². The zero-order chi connectivity index (χ0) is 15.2. The fraction of sp³-hybridized carbons (Fsp3) is 0.167. The Morgan fingerprint density at radius 2 is 1.71 bits per heavy atom. The molecule has 2 aromatic carbocycles. The second-order valence-corrected chi connectivity index (χ2v) is 4.64. The first-order chi connectivity index (χ1) is 10.2. The van der Waals surface area contributed by atoms with E-state index in [0.29, 0.717) is 11.3 Å². The summed E-state index contributed by atoms with van der Waals surface area (Å²) in [5.41, 5.74) is 2.44. The summed E-state index contributed by atoms with van der Waals surface area (Å²) in [4.78, 5) is 12.3. The maximum Gasteiger partial charge on any atom is 0.189 e. The number of ketones is 1. The molecule has 2 aromatic rings. The molecule has 0 radical (unpaired) electrons. The molecule has 21 heavy (non-hydrogen) atoms. The van der Waals surface area contributed by atoms with Gasteiger partial charge in [0.2, 0.25) is 0 Å². The average Bonchev–Trinajstić information content (AvgIpc) is 2.52. The summed E-state index contributed by atoms with van der Waals surface area (Å²) in [5, 5.41) is 0. The van der Waals surface area contributed by atoms with Gasteiger partial charge >= 0.3 is 0 Å². The zero-order valence-corrected chi connectivity index (χ0v) is 12.4. The number of benzene rings is 2. The van der Waals surface area contributed by atoms with Gasteiger partial charge in [0.15, 0.2) is 5.78 Å². The standard InChI is InChI=1S/C18H18O3/c1-13-8-11-18(21-3)15(12-13)16(19)10-9-14-6-4-5-7-17(14)20-2/h4-12H,1-3H3/b10-9+. The van der Waals surface area contributed by atoms with E-state index in [0.717, 1.165) is 16.9 Å². The second kappa shape index (κ2) is 6.75. The first kappa shape index (κ1) is 14.9. The predicted molar refractivity (Wildman–Crippen MR) is 84.1 cm³/mol. The predicted octanol–water partition coefficient (Wildman–Crippen LogP) is 3.91. The fourth-order valence-corrected chi connectivity index (χ4v) is 2.07. The third-order valence-electron chi connectivity index (χ3n) is 3.17. The van der Waals surface area contributed by atoms with E-state index in [-0.39, 0.29) is 5.78 Å². The van der Waals surface area contributed by atoms with Gasteiger partial charge in [-0.1, -0.05) is 29.8 Å². The minimum absolute atomic E-state index is 0.0959. The van der Waals surface area contributed by atoms with Crippen LogP contribution in [0.1, 0.15) is 21.5 Å². The van der Waals surface area contributed by atoms with Crippen molar-refractivity contribution in [3.05, 3.63) is 65.2 Å². The van der Waals surface area contributed by atoms with Gasteiger partial charge in [0.25, 0.3) is 0 Å². The molecule has 3 nitrogen and oxygen atoms in total. The van der Waals surface area contributed by atoms with Crippen LogP contribution in [0.3, 0.4) is 0 Å². The molecule has 0 aliphatic heterocycles. The molecule has 3 heteroatoms. The van der Waals surface area contributed by atoms with Gasteiger partial charge in [0, 0.05) is 5.56 Å². The van der Waals surface area contributed by atoms with Crippen molar-refractivity contribution >= 4 is 11.9 Å². The molecule has 0 aliphatic rings. The first-order valence-corrected chi connectivity index (χ1v) is 6.65. The van der Waals surface area contributed by atoms with Crippen LogP contribution in [0.5, 0.6) is 11.5 Å². The van der Waals surface area contributed by atoms with Gasteiger partial charge in [0.1, 0.15) is 11.5 Å². The van der Waals surface area contributed by atoms with Gasteiger partial charge in [-0.3, -0.25) is 4.79 Å². The molecule has 0 heterocycles. The number of carbonyl (C=O) groups is 1. The lowest BCUT2D eigenvalue weighted by Crippen LogP contribution is -1.99. The van der Waals surface area contributed by atoms with E-state index in [1.165, 1.54) is 6.08 Å². The molecular formula is C18H18O3. The van der Waals surface area contributed by atoms with Crippen LogP contribution in [0.4, 0.5) is 0 Å². The summed E-state index contributed by atoms with van der Waals surface area (Å²) in [6, 6.07) is 13.1. The molecule has 2 rings (SSSR count). The molecule has 0 unspecified atom stereocenters. The van der Waals surface area contributed by atoms with Crippen molar-refractivity contribution in [3.8, 4) is 11.5 Å². The number of hydrogen-bond acceptors (Lipinski definition) is 3. The van der Waals surface area contributed by atoms with Crippen molar-refractivity contribution in [3.63, 3.8) is 0 Å². The molecule has 0 aliphatic carbocycles. The number of ether oxygens (including phenoxy) is 2. The van der Waals surface area contributed by atoms with Gasteiger partial charge in [-0.25, -0.2) is 0 Å². The molecule has 0 bridgehead atoms. The van der Waals surface area contributed by atoms with Crippen molar-refractivity contribution < 1.29 is 14.3 Å². The van der Waals surface area contributed by atoms with E-state index in [1.807, 2.05) is 43.3 Å². The Balaban J connectivity index is 2.29. The first-order valence-electron chi connectivity index (χ1n) is 6.65. The number of aryl methyl sites for hydroxylation is 1. The number of para-hydroxylation sites is 1. The molecule has 0 atom stereocenters. The van der Waals surface area contributed by atoms with Gasteiger partial charge in [-0.05, 0) is 37.3 Å². The zero-order valence-electron chi connectivity index (χ0n) is 12.4. The minimum Gasteiger partial charge on any atom is -0.496 e. The average molecular weight is 282 g/mol. The molecule has 0 aromatic heterocycles. The van der Waals surface area contributed by atoms with Gasteiger partial charge in [-0.15, -0.1) is 0 Å². The smallest absolute Gasteiger partial charge is 0.189 e. The molecule has 0 N–H and O–H groups in total. The van der Waals surface area contributed by atoms with Crippen LogP contribution in [0, 0.1) is 6.92 Å². The third-order valence-corrected chi connectivity index (χ3v) is 3.17. The maximum atomic E-state index is 12.3. The van der Waals surface area contributed by atoms with E-state index in [4.69, 9.17) is 9.47 Å². The highest BCUT2D eigenvalue weighted by molar-refractivity contribution is 6.08. The molecule has 0 spiro atoms. The Kier molecular flexibility index (Phi) is 4.77. The van der Waals surface area contributed by atoms with Crippen LogP contribution in [-0.2, 0) is 0 Å². The van der Waals surface area contributed by atoms with Crippen LogP contribution in [0.25, 0.3) is 6.08 Å². The monoisotopic (exact) mass is 282 g/mol. The van der Waals surface area contributed by atoms with Crippen LogP contribution in [-0.4, -0.2) is 20.0 Å². The molecule has 0 fully saturated rings. The summed E-state index contributed by atoms with van der Waals surface area (Å²) in [6.45, 7) is 1.94. The summed E-state index contributed by atoms with van der Waals surface area (Å²) in [7, 11) is 3.17. The number of hydrogen-bond donors (Lipinski definition) is 0. The highest BCUT2D eigenvalue weighted by atomic mass is 16.5. The van der Waals surface area contributed by atoms with Crippen LogP contribution in [0.15, 0.2) is 48.5 Å². The quantitative estimate of drug-likeness (QED) is 0.616. The van der Waals surface area contributed by atoms with E-state index in [2.05, 4.69) is 0 Å². The second-order valence-electron chi connectivity index (χ2n) is 4.64. The highest BCUT2D eigenvalue weighted by Crippen LogP contribution is 2.22. The minimum atomic E-state index is -0.0959. The van der Waals surface area contributed by atoms with E-state index in [9.17, 15) is 4.79 Å². The fourth-order valence-electron chi connectivity index (χ4n) is 2.07. The van der Waals surface area contributed by atoms with Crippen molar-refractivity contribution in [1.29, 1.82) is 0 Å². The molecule has 0 saturated heterocycles. The largest absolute Gasteiger partial charge is 0.496 e. The Hall–Kier alpha value is -2.55. The maximum absolute atomic E-state index is 12.3. The summed E-state index contributed by atoms with van der Waals surface area (Å²) < 4.78 is 10.5. The Morgan fingerprint density at radius 1 is 1.00 bits per heavy atom. The third kappa shape index (κ3) is 3.51.